The zero-order valence-electron chi connectivity index (χ0n) is 15.1. The Morgan fingerprint density at radius 2 is 2.19 bits per heavy atom. The van der Waals surface area contributed by atoms with Crippen LogP contribution in [-0.2, 0) is 11.3 Å². The van der Waals surface area contributed by atoms with Crippen LogP contribution in [0.5, 0.6) is 0 Å². The topological polar surface area (TPSA) is 106 Å². The van der Waals surface area contributed by atoms with Crippen molar-refractivity contribution in [3.63, 3.8) is 0 Å². The zero-order valence-corrected chi connectivity index (χ0v) is 15.1. The molecule has 2 aromatic heterocycles. The number of hydrogen-bond acceptors (Lipinski definition) is 5. The summed E-state index contributed by atoms with van der Waals surface area (Å²) in [6.07, 6.45) is 3.36. The third-order valence-corrected chi connectivity index (χ3v) is 4.59. The van der Waals surface area contributed by atoms with Gasteiger partial charge in [0.1, 0.15) is 11.5 Å². The van der Waals surface area contributed by atoms with E-state index in [2.05, 4.69) is 20.3 Å². The largest absolute Gasteiger partial charge is 0.369 e. The van der Waals surface area contributed by atoms with E-state index in [1.54, 1.807) is 16.9 Å². The Balaban J connectivity index is 1.67. The van der Waals surface area contributed by atoms with Gasteiger partial charge in [-0.15, -0.1) is 0 Å². The van der Waals surface area contributed by atoms with Gasteiger partial charge in [0.05, 0.1) is 23.5 Å². The van der Waals surface area contributed by atoms with E-state index in [0.29, 0.717) is 24.5 Å². The van der Waals surface area contributed by atoms with Crippen LogP contribution in [-0.4, -0.2) is 39.7 Å². The predicted molar refractivity (Wildman–Crippen MR) is 99.0 cm³/mol. The van der Waals surface area contributed by atoms with Crippen molar-refractivity contribution in [2.75, 3.05) is 23.3 Å². The first kappa shape index (κ1) is 17.9. The molecular formula is C18H24N6O2. The average molecular weight is 356 g/mol. The number of nitrogens with two attached hydrogens (primary N) is 1. The maximum absolute atomic E-state index is 12.5. The molecule has 0 aromatic carbocycles. The molecular weight excluding hydrogens is 332 g/mol. The number of anilines is 2. The Kier molecular flexibility index (Phi) is 5.20. The van der Waals surface area contributed by atoms with Crippen LogP contribution in [0.2, 0.25) is 0 Å². The number of amides is 2. The maximum Gasteiger partial charge on any atom is 0.273 e. The number of piperidine rings is 1. The smallest absolute Gasteiger partial charge is 0.273 e. The van der Waals surface area contributed by atoms with Gasteiger partial charge in [0.15, 0.2) is 0 Å². The summed E-state index contributed by atoms with van der Waals surface area (Å²) < 4.78 is 1.67. The number of aryl methyl sites for hydroxylation is 2. The first-order valence-electron chi connectivity index (χ1n) is 8.84. The van der Waals surface area contributed by atoms with E-state index in [-0.39, 0.29) is 17.7 Å². The molecule has 1 aliphatic heterocycles. The van der Waals surface area contributed by atoms with E-state index in [9.17, 15) is 9.59 Å². The monoisotopic (exact) mass is 356 g/mol. The summed E-state index contributed by atoms with van der Waals surface area (Å²) in [5.74, 6) is 0.168. The number of carbonyl (C=O) groups is 2. The molecule has 1 atom stereocenters. The number of rotatable bonds is 5. The first-order chi connectivity index (χ1) is 12.5. The molecule has 1 fully saturated rings. The highest BCUT2D eigenvalue weighted by molar-refractivity contribution is 6.03. The van der Waals surface area contributed by atoms with Crippen molar-refractivity contribution in [3.8, 4) is 0 Å². The molecule has 1 aliphatic rings. The van der Waals surface area contributed by atoms with E-state index >= 15 is 0 Å². The van der Waals surface area contributed by atoms with Crippen molar-refractivity contribution >= 4 is 23.3 Å². The molecule has 0 radical (unpaired) electrons. The number of nitrogens with zero attached hydrogens (tertiary/aromatic N) is 4. The fraction of sp³-hybridized carbons (Fsp3) is 0.444. The third kappa shape index (κ3) is 3.84. The fourth-order valence-corrected chi connectivity index (χ4v) is 3.23. The fourth-order valence-electron chi connectivity index (χ4n) is 3.23. The summed E-state index contributed by atoms with van der Waals surface area (Å²) in [6, 6.07) is 5.42. The van der Waals surface area contributed by atoms with Crippen LogP contribution in [0.4, 0.5) is 11.5 Å². The molecule has 0 bridgehead atoms. The molecule has 2 amide bonds. The molecule has 0 saturated carbocycles. The van der Waals surface area contributed by atoms with Crippen molar-refractivity contribution in [2.45, 2.75) is 33.2 Å². The van der Waals surface area contributed by atoms with Crippen molar-refractivity contribution in [1.82, 2.24) is 14.8 Å². The van der Waals surface area contributed by atoms with E-state index in [1.165, 1.54) is 0 Å². The lowest BCUT2D eigenvalue weighted by atomic mass is 9.97. The van der Waals surface area contributed by atoms with Crippen LogP contribution in [0, 0.1) is 12.8 Å². The normalized spacial score (nSPS) is 17.2. The Hall–Kier alpha value is -2.90. The highest BCUT2D eigenvalue weighted by atomic mass is 16.2. The van der Waals surface area contributed by atoms with Crippen molar-refractivity contribution in [2.24, 2.45) is 11.7 Å². The van der Waals surface area contributed by atoms with Gasteiger partial charge in [-0.3, -0.25) is 14.3 Å². The molecule has 3 rings (SSSR count). The summed E-state index contributed by atoms with van der Waals surface area (Å²) in [7, 11) is 0. The minimum absolute atomic E-state index is 0.137. The molecule has 1 saturated heterocycles. The summed E-state index contributed by atoms with van der Waals surface area (Å²) in [4.78, 5) is 30.3. The van der Waals surface area contributed by atoms with Gasteiger partial charge < -0.3 is 16.0 Å². The minimum Gasteiger partial charge on any atom is -0.369 e. The maximum atomic E-state index is 12.5. The van der Waals surface area contributed by atoms with Gasteiger partial charge in [-0.05, 0) is 44.9 Å². The molecule has 1 unspecified atom stereocenters. The van der Waals surface area contributed by atoms with Gasteiger partial charge in [0, 0.05) is 19.6 Å². The molecule has 3 heterocycles. The van der Waals surface area contributed by atoms with E-state index in [0.717, 1.165) is 30.9 Å². The summed E-state index contributed by atoms with van der Waals surface area (Å²) in [6.45, 7) is 5.86. The second-order valence-corrected chi connectivity index (χ2v) is 6.53. The Labute approximate surface area is 152 Å². The van der Waals surface area contributed by atoms with Crippen LogP contribution in [0.3, 0.4) is 0 Å². The lowest BCUT2D eigenvalue weighted by Crippen LogP contribution is -2.41. The minimum atomic E-state index is -0.263. The molecule has 0 spiro atoms. The van der Waals surface area contributed by atoms with Crippen LogP contribution in [0.1, 0.15) is 35.9 Å². The lowest BCUT2D eigenvalue weighted by Gasteiger charge is -2.32. The standard InChI is InChI=1S/C18H24N6O2/c1-3-24-15(9-12(2)22-24)18(26)21-14-6-7-16(20-10-14)23-8-4-5-13(11-23)17(19)25/h6-7,9-10,13H,3-5,8,11H2,1-2H3,(H2,19,25)(H,21,26). The Morgan fingerprint density at radius 3 is 2.85 bits per heavy atom. The van der Waals surface area contributed by atoms with Crippen LogP contribution < -0.4 is 16.0 Å². The van der Waals surface area contributed by atoms with E-state index in [1.807, 2.05) is 26.0 Å². The average Bonchev–Trinajstić information content (AvgIpc) is 3.03. The number of pyridine rings is 1. The quantitative estimate of drug-likeness (QED) is 0.846. The lowest BCUT2D eigenvalue weighted by molar-refractivity contribution is -0.122. The summed E-state index contributed by atoms with van der Waals surface area (Å²) in [5, 5.41) is 7.13. The Morgan fingerprint density at radius 1 is 1.38 bits per heavy atom. The Bertz CT molecular complexity index is 799. The second-order valence-electron chi connectivity index (χ2n) is 6.53. The zero-order chi connectivity index (χ0) is 18.7. The second kappa shape index (κ2) is 7.55. The molecule has 138 valence electrons. The van der Waals surface area contributed by atoms with Gasteiger partial charge in [0.2, 0.25) is 5.91 Å². The third-order valence-electron chi connectivity index (χ3n) is 4.59. The molecule has 0 aliphatic carbocycles. The predicted octanol–water partition coefficient (Wildman–Crippen LogP) is 1.56. The molecule has 2 aromatic rings. The van der Waals surface area contributed by atoms with Crippen molar-refractivity contribution < 1.29 is 9.59 Å². The van der Waals surface area contributed by atoms with E-state index in [4.69, 9.17) is 5.73 Å². The van der Waals surface area contributed by atoms with Gasteiger partial charge in [-0.25, -0.2) is 4.98 Å². The van der Waals surface area contributed by atoms with E-state index < -0.39 is 0 Å². The van der Waals surface area contributed by atoms with Crippen molar-refractivity contribution in [3.05, 3.63) is 35.8 Å². The van der Waals surface area contributed by atoms with Gasteiger partial charge in [0.25, 0.3) is 5.91 Å². The van der Waals surface area contributed by atoms with Crippen molar-refractivity contribution in [1.29, 1.82) is 0 Å². The van der Waals surface area contributed by atoms with Gasteiger partial charge in [-0.1, -0.05) is 0 Å². The number of carbonyl (C=O) groups excluding carboxylic acids is 2. The van der Waals surface area contributed by atoms with Crippen LogP contribution in [0.25, 0.3) is 0 Å². The number of hydrogen-bond donors (Lipinski definition) is 2. The van der Waals surface area contributed by atoms with Crippen LogP contribution in [0.15, 0.2) is 24.4 Å². The first-order valence-corrected chi connectivity index (χ1v) is 8.84. The number of primary amides is 1. The molecule has 8 nitrogen and oxygen atoms in total. The van der Waals surface area contributed by atoms with Gasteiger partial charge >= 0.3 is 0 Å². The SMILES string of the molecule is CCn1nc(C)cc1C(=O)Nc1ccc(N2CCCC(C(N)=O)C2)nc1. The molecule has 26 heavy (non-hydrogen) atoms. The number of aromatic nitrogens is 3. The molecule has 8 heteroatoms. The highest BCUT2D eigenvalue weighted by Gasteiger charge is 2.24. The number of nitrogens with one attached hydrogen (secondary N) is 1. The van der Waals surface area contributed by atoms with Crippen LogP contribution >= 0.6 is 0 Å². The summed E-state index contributed by atoms with van der Waals surface area (Å²) >= 11 is 0. The molecule has 3 N–H and O–H groups in total. The summed E-state index contributed by atoms with van der Waals surface area (Å²) in [5.41, 5.74) is 7.37. The highest BCUT2D eigenvalue weighted by Crippen LogP contribution is 2.22. The van der Waals surface area contributed by atoms with Gasteiger partial charge in [-0.2, -0.15) is 5.10 Å².